The van der Waals surface area contributed by atoms with Gasteiger partial charge in [-0.2, -0.15) is 4.31 Å². The molecule has 0 bridgehead atoms. The maximum absolute atomic E-state index is 12.8. The summed E-state index contributed by atoms with van der Waals surface area (Å²) in [5.41, 5.74) is 0.481. The van der Waals surface area contributed by atoms with Gasteiger partial charge in [-0.05, 0) is 30.3 Å². The zero-order valence-corrected chi connectivity index (χ0v) is 17.2. The second kappa shape index (κ2) is 9.70. The predicted molar refractivity (Wildman–Crippen MR) is 108 cm³/mol. The number of para-hydroxylation sites is 1. The molecule has 1 heterocycles. The van der Waals surface area contributed by atoms with Crippen molar-refractivity contribution in [3.8, 4) is 5.75 Å². The van der Waals surface area contributed by atoms with Crippen molar-refractivity contribution in [1.82, 2.24) is 4.31 Å². The molecule has 0 radical (unpaired) electrons. The van der Waals surface area contributed by atoms with Gasteiger partial charge in [0.05, 0.1) is 25.2 Å². The summed E-state index contributed by atoms with van der Waals surface area (Å²) in [6.45, 7) is 0.542. The fourth-order valence-corrected chi connectivity index (χ4v) is 4.31. The maximum Gasteiger partial charge on any atom is 0.342 e. The maximum atomic E-state index is 12.8. The van der Waals surface area contributed by atoms with E-state index in [0.717, 1.165) is 0 Å². The number of benzene rings is 2. The minimum atomic E-state index is -3.80. The number of morpholine rings is 1. The zero-order chi connectivity index (χ0) is 21.6. The van der Waals surface area contributed by atoms with E-state index in [0.29, 0.717) is 18.9 Å². The van der Waals surface area contributed by atoms with Crippen molar-refractivity contribution in [2.24, 2.45) is 0 Å². The van der Waals surface area contributed by atoms with Gasteiger partial charge in [0, 0.05) is 18.8 Å². The van der Waals surface area contributed by atoms with Crippen LogP contribution in [0.25, 0.3) is 0 Å². The van der Waals surface area contributed by atoms with Crippen LogP contribution in [0, 0.1) is 0 Å². The number of sulfonamides is 1. The summed E-state index contributed by atoms with van der Waals surface area (Å²) in [6.07, 6.45) is 0. The van der Waals surface area contributed by atoms with Crippen LogP contribution >= 0.6 is 0 Å². The van der Waals surface area contributed by atoms with Crippen LogP contribution in [0.15, 0.2) is 53.4 Å². The molecule has 1 saturated heterocycles. The van der Waals surface area contributed by atoms with Crippen molar-refractivity contribution in [1.29, 1.82) is 0 Å². The number of ether oxygens (including phenoxy) is 3. The Morgan fingerprint density at radius 3 is 2.47 bits per heavy atom. The minimum absolute atomic E-state index is 0.0640. The Balaban J connectivity index is 1.73. The third kappa shape index (κ3) is 5.15. The smallest absolute Gasteiger partial charge is 0.342 e. The first-order valence-electron chi connectivity index (χ1n) is 9.20. The van der Waals surface area contributed by atoms with Crippen LogP contribution in [0.2, 0.25) is 0 Å². The van der Waals surface area contributed by atoms with Gasteiger partial charge in [0.2, 0.25) is 10.0 Å². The number of hydrogen-bond donors (Lipinski definition) is 1. The number of amides is 1. The van der Waals surface area contributed by atoms with Gasteiger partial charge in [-0.3, -0.25) is 4.79 Å². The third-order valence-corrected chi connectivity index (χ3v) is 6.29. The number of esters is 1. The molecule has 1 fully saturated rings. The molecule has 1 aliphatic rings. The van der Waals surface area contributed by atoms with Crippen LogP contribution in [-0.4, -0.2) is 64.6 Å². The van der Waals surface area contributed by atoms with Gasteiger partial charge in [0.1, 0.15) is 11.3 Å². The summed E-state index contributed by atoms with van der Waals surface area (Å²) in [7, 11) is -2.45. The van der Waals surface area contributed by atoms with Crippen molar-refractivity contribution < 1.29 is 32.2 Å². The minimum Gasteiger partial charge on any atom is -0.496 e. The average molecular weight is 434 g/mol. The van der Waals surface area contributed by atoms with E-state index in [9.17, 15) is 18.0 Å². The van der Waals surface area contributed by atoms with Crippen molar-refractivity contribution in [3.63, 3.8) is 0 Å². The first-order chi connectivity index (χ1) is 14.4. The van der Waals surface area contributed by atoms with E-state index in [1.807, 2.05) is 0 Å². The molecule has 30 heavy (non-hydrogen) atoms. The van der Waals surface area contributed by atoms with Crippen molar-refractivity contribution >= 4 is 27.6 Å². The van der Waals surface area contributed by atoms with E-state index in [4.69, 9.17) is 14.2 Å². The van der Waals surface area contributed by atoms with Crippen LogP contribution < -0.4 is 10.1 Å². The second-order valence-electron chi connectivity index (χ2n) is 6.37. The van der Waals surface area contributed by atoms with E-state index in [-0.39, 0.29) is 29.3 Å². The van der Waals surface area contributed by atoms with E-state index in [1.54, 1.807) is 30.3 Å². The topological polar surface area (TPSA) is 111 Å². The molecule has 160 valence electrons. The van der Waals surface area contributed by atoms with E-state index in [2.05, 4.69) is 5.32 Å². The molecule has 10 heteroatoms. The number of carbonyl (C=O) groups is 2. The lowest BCUT2D eigenvalue weighted by Crippen LogP contribution is -2.40. The summed E-state index contributed by atoms with van der Waals surface area (Å²) < 4.78 is 42.4. The summed E-state index contributed by atoms with van der Waals surface area (Å²) >= 11 is 0. The molecule has 0 atom stereocenters. The first kappa shape index (κ1) is 21.8. The molecule has 2 aromatic rings. The molecule has 0 aromatic heterocycles. The largest absolute Gasteiger partial charge is 0.496 e. The lowest BCUT2D eigenvalue weighted by Gasteiger charge is -2.26. The number of nitrogens with one attached hydrogen (secondary N) is 1. The van der Waals surface area contributed by atoms with E-state index >= 15 is 0 Å². The molecule has 0 saturated carbocycles. The highest BCUT2D eigenvalue weighted by atomic mass is 32.2. The van der Waals surface area contributed by atoms with Gasteiger partial charge < -0.3 is 19.5 Å². The molecule has 1 amide bonds. The number of nitrogens with zero attached hydrogens (tertiary/aromatic N) is 1. The van der Waals surface area contributed by atoms with Gasteiger partial charge in [0.15, 0.2) is 6.61 Å². The highest BCUT2D eigenvalue weighted by Gasteiger charge is 2.28. The van der Waals surface area contributed by atoms with Crippen molar-refractivity contribution in [2.75, 3.05) is 45.3 Å². The highest BCUT2D eigenvalue weighted by molar-refractivity contribution is 7.89. The number of anilines is 1. The summed E-state index contributed by atoms with van der Waals surface area (Å²) in [6, 6.07) is 12.7. The van der Waals surface area contributed by atoms with Crippen LogP contribution in [0.5, 0.6) is 5.75 Å². The Bertz CT molecular complexity index is 1000. The van der Waals surface area contributed by atoms with Crippen LogP contribution in [0.3, 0.4) is 0 Å². The SMILES string of the molecule is COc1ccc(S(=O)(=O)N2CCOCC2)cc1C(=O)OCC(=O)Nc1ccccc1. The van der Waals surface area contributed by atoms with Gasteiger partial charge >= 0.3 is 5.97 Å². The molecule has 1 aliphatic heterocycles. The van der Waals surface area contributed by atoms with Crippen LogP contribution in [0.4, 0.5) is 5.69 Å². The van der Waals surface area contributed by atoms with Gasteiger partial charge in [-0.15, -0.1) is 0 Å². The summed E-state index contributed by atoms with van der Waals surface area (Å²) in [5.74, 6) is -1.25. The summed E-state index contributed by atoms with van der Waals surface area (Å²) in [4.78, 5) is 24.5. The predicted octanol–water partition coefficient (Wildman–Crippen LogP) is 1.51. The van der Waals surface area contributed by atoms with Crippen LogP contribution in [-0.2, 0) is 24.3 Å². The molecule has 3 rings (SSSR count). The van der Waals surface area contributed by atoms with Gasteiger partial charge in [0.25, 0.3) is 5.91 Å². The van der Waals surface area contributed by atoms with E-state index in [1.165, 1.54) is 29.6 Å². The molecule has 0 unspecified atom stereocenters. The molecular weight excluding hydrogens is 412 g/mol. The Morgan fingerprint density at radius 2 is 1.80 bits per heavy atom. The third-order valence-electron chi connectivity index (χ3n) is 4.39. The molecule has 9 nitrogen and oxygen atoms in total. The quantitative estimate of drug-likeness (QED) is 0.658. The zero-order valence-electron chi connectivity index (χ0n) is 16.4. The number of methoxy groups -OCH3 is 1. The first-order valence-corrected chi connectivity index (χ1v) is 10.6. The lowest BCUT2D eigenvalue weighted by atomic mass is 10.2. The Labute approximate surface area is 174 Å². The Morgan fingerprint density at radius 1 is 1.10 bits per heavy atom. The van der Waals surface area contributed by atoms with E-state index < -0.39 is 28.5 Å². The summed E-state index contributed by atoms with van der Waals surface area (Å²) in [5, 5.41) is 2.59. The molecular formula is C20H22N2O7S. The fraction of sp³-hybridized carbons (Fsp3) is 0.300. The fourth-order valence-electron chi connectivity index (χ4n) is 2.87. The van der Waals surface area contributed by atoms with Crippen LogP contribution in [0.1, 0.15) is 10.4 Å². The number of rotatable bonds is 7. The molecule has 0 spiro atoms. The number of hydrogen-bond acceptors (Lipinski definition) is 7. The second-order valence-corrected chi connectivity index (χ2v) is 8.31. The highest BCUT2D eigenvalue weighted by Crippen LogP contribution is 2.25. The van der Waals surface area contributed by atoms with Gasteiger partial charge in [-0.25, -0.2) is 13.2 Å². The van der Waals surface area contributed by atoms with Gasteiger partial charge in [-0.1, -0.05) is 18.2 Å². The monoisotopic (exact) mass is 434 g/mol. The molecule has 2 aromatic carbocycles. The average Bonchev–Trinajstić information content (AvgIpc) is 2.78. The normalized spacial score (nSPS) is 14.7. The number of carbonyl (C=O) groups excluding carboxylic acids is 2. The standard InChI is InChI=1S/C20H22N2O7S/c1-27-18-8-7-16(30(25,26)22-9-11-28-12-10-22)13-17(18)20(24)29-14-19(23)21-15-5-3-2-4-6-15/h2-8,13H,9-12,14H2,1H3,(H,21,23). The molecule has 0 aliphatic carbocycles. The molecule has 1 N–H and O–H groups in total. The Hall–Kier alpha value is -2.95. The van der Waals surface area contributed by atoms with Crippen molar-refractivity contribution in [3.05, 3.63) is 54.1 Å². The lowest BCUT2D eigenvalue weighted by molar-refractivity contribution is -0.119. The Kier molecular flexibility index (Phi) is 7.03. The van der Waals surface area contributed by atoms with Crippen molar-refractivity contribution in [2.45, 2.75) is 4.90 Å².